The van der Waals surface area contributed by atoms with Gasteiger partial charge >= 0.3 is 12.1 Å². The molecule has 112 valence electrons. The van der Waals surface area contributed by atoms with Gasteiger partial charge in [-0.1, -0.05) is 6.92 Å². The third kappa shape index (κ3) is 10.3. The Morgan fingerprint density at radius 3 is 2.42 bits per heavy atom. The van der Waals surface area contributed by atoms with Gasteiger partial charge in [-0.3, -0.25) is 4.79 Å². The molecule has 0 aliphatic carbocycles. The third-order valence-corrected chi connectivity index (χ3v) is 2.44. The number of amides is 1. The molecule has 7 heteroatoms. The van der Waals surface area contributed by atoms with E-state index < -0.39 is 6.09 Å². The average molecular weight is 275 g/mol. The van der Waals surface area contributed by atoms with Crippen LogP contribution in [0.15, 0.2) is 0 Å². The molecular formula is C12H25N3O4. The summed E-state index contributed by atoms with van der Waals surface area (Å²) in [6, 6.07) is 0. The predicted octanol–water partition coefficient (Wildman–Crippen LogP) is 0.0684. The normalized spacial score (nSPS) is 11.7. The fourth-order valence-corrected chi connectivity index (χ4v) is 1.33. The number of carbonyl (C=O) groups excluding carboxylic acids is 2. The van der Waals surface area contributed by atoms with Crippen molar-refractivity contribution in [3.05, 3.63) is 0 Å². The minimum atomic E-state index is -0.535. The molecule has 3 N–H and O–H groups in total. The summed E-state index contributed by atoms with van der Waals surface area (Å²) in [7, 11) is 3.58. The zero-order valence-corrected chi connectivity index (χ0v) is 12.0. The van der Waals surface area contributed by atoms with Crippen LogP contribution in [-0.2, 0) is 14.3 Å². The van der Waals surface area contributed by atoms with Crippen molar-refractivity contribution in [2.75, 3.05) is 40.5 Å². The monoisotopic (exact) mass is 275 g/mol. The molecule has 0 radical (unpaired) electrons. The van der Waals surface area contributed by atoms with Gasteiger partial charge in [-0.15, -0.1) is 0 Å². The van der Waals surface area contributed by atoms with Crippen LogP contribution in [0.5, 0.6) is 0 Å². The summed E-state index contributed by atoms with van der Waals surface area (Å²) >= 11 is 0. The van der Waals surface area contributed by atoms with E-state index in [1.54, 1.807) is 7.05 Å². The molecule has 0 saturated carbocycles. The summed E-state index contributed by atoms with van der Waals surface area (Å²) in [4.78, 5) is 22.6. The average Bonchev–Trinajstić information content (AvgIpc) is 2.41. The molecule has 1 amide bonds. The van der Waals surface area contributed by atoms with E-state index in [0.29, 0.717) is 6.67 Å². The summed E-state index contributed by atoms with van der Waals surface area (Å²) in [5, 5.41) is 8.22. The molecule has 0 aromatic carbocycles. The maximum atomic E-state index is 11.5. The van der Waals surface area contributed by atoms with Crippen LogP contribution in [0.2, 0.25) is 0 Å². The molecule has 1 unspecified atom stereocenters. The van der Waals surface area contributed by atoms with Crippen molar-refractivity contribution in [3.8, 4) is 0 Å². The fraction of sp³-hybridized carbons (Fsp3) is 0.833. The van der Waals surface area contributed by atoms with Gasteiger partial charge in [0.15, 0.2) is 0 Å². The third-order valence-electron chi connectivity index (χ3n) is 2.44. The van der Waals surface area contributed by atoms with Crippen LogP contribution in [-0.4, -0.2) is 52.6 Å². The van der Waals surface area contributed by atoms with Gasteiger partial charge in [0.25, 0.3) is 0 Å². The maximum Gasteiger partial charge on any atom is 0.408 e. The number of alkyl carbamates (subject to hydrolysis) is 1. The number of rotatable bonds is 10. The minimum absolute atomic E-state index is 0.0600. The molecule has 7 nitrogen and oxygen atoms in total. The highest BCUT2D eigenvalue weighted by molar-refractivity contribution is 5.72. The minimum Gasteiger partial charge on any atom is -0.462 e. The highest BCUT2D eigenvalue weighted by Gasteiger charge is 2.13. The van der Waals surface area contributed by atoms with Crippen LogP contribution < -0.4 is 16.0 Å². The van der Waals surface area contributed by atoms with E-state index in [-0.39, 0.29) is 25.1 Å². The van der Waals surface area contributed by atoms with Crippen molar-refractivity contribution in [1.82, 2.24) is 16.0 Å². The number of ether oxygens (including phenoxy) is 2. The molecule has 19 heavy (non-hydrogen) atoms. The second-order valence-electron chi connectivity index (χ2n) is 4.16. The van der Waals surface area contributed by atoms with E-state index in [9.17, 15) is 9.59 Å². The lowest BCUT2D eigenvalue weighted by atomic mass is 10.1. The summed E-state index contributed by atoms with van der Waals surface area (Å²) in [6.07, 6.45) is 1.17. The van der Waals surface area contributed by atoms with Crippen LogP contribution in [0.4, 0.5) is 4.79 Å². The molecule has 0 saturated heterocycles. The lowest BCUT2D eigenvalue weighted by Crippen LogP contribution is -2.33. The van der Waals surface area contributed by atoms with Crippen molar-refractivity contribution in [2.24, 2.45) is 5.92 Å². The Balaban J connectivity index is 3.54. The lowest BCUT2D eigenvalue weighted by molar-refractivity contribution is -0.149. The molecule has 0 rings (SSSR count). The Kier molecular flexibility index (Phi) is 10.9. The van der Waals surface area contributed by atoms with Crippen LogP contribution in [0, 0.1) is 5.92 Å². The van der Waals surface area contributed by atoms with Crippen LogP contribution in [0.3, 0.4) is 0 Å². The van der Waals surface area contributed by atoms with Gasteiger partial charge in [-0.2, -0.15) is 0 Å². The first-order valence-corrected chi connectivity index (χ1v) is 6.48. The van der Waals surface area contributed by atoms with Crippen molar-refractivity contribution in [2.45, 2.75) is 19.8 Å². The van der Waals surface area contributed by atoms with E-state index in [4.69, 9.17) is 9.47 Å². The molecular weight excluding hydrogens is 250 g/mol. The van der Waals surface area contributed by atoms with Crippen LogP contribution in [0.25, 0.3) is 0 Å². The van der Waals surface area contributed by atoms with Gasteiger partial charge < -0.3 is 25.4 Å². The highest BCUT2D eigenvalue weighted by Crippen LogP contribution is 2.06. The highest BCUT2D eigenvalue weighted by atomic mass is 16.6. The number of nitrogens with one attached hydrogen (secondary N) is 3. The molecule has 0 aliphatic heterocycles. The number of hydrogen-bond acceptors (Lipinski definition) is 6. The largest absolute Gasteiger partial charge is 0.462 e. The molecule has 0 aromatic rings. The Hall–Kier alpha value is -1.34. The first-order chi connectivity index (χ1) is 9.11. The van der Waals surface area contributed by atoms with Gasteiger partial charge in [-0.05, 0) is 33.5 Å². The van der Waals surface area contributed by atoms with Crippen LogP contribution >= 0.6 is 0 Å². The molecule has 0 aliphatic rings. The SMILES string of the molecule is CNCCCC(C)C(=O)OCCOC(=O)NCNC. The van der Waals surface area contributed by atoms with E-state index in [1.165, 1.54) is 0 Å². The van der Waals surface area contributed by atoms with Gasteiger partial charge in [0.1, 0.15) is 13.2 Å². The summed E-state index contributed by atoms with van der Waals surface area (Å²) in [6.45, 7) is 3.19. The van der Waals surface area contributed by atoms with Gasteiger partial charge in [0, 0.05) is 0 Å². The zero-order chi connectivity index (χ0) is 14.5. The topological polar surface area (TPSA) is 88.7 Å². The Morgan fingerprint density at radius 1 is 1.11 bits per heavy atom. The molecule has 0 heterocycles. The van der Waals surface area contributed by atoms with Gasteiger partial charge in [-0.25, -0.2) is 4.79 Å². The number of carbonyl (C=O) groups is 2. The van der Waals surface area contributed by atoms with E-state index in [0.717, 1.165) is 19.4 Å². The van der Waals surface area contributed by atoms with Crippen molar-refractivity contribution in [3.63, 3.8) is 0 Å². The molecule has 0 fully saturated rings. The van der Waals surface area contributed by atoms with E-state index >= 15 is 0 Å². The first kappa shape index (κ1) is 17.7. The van der Waals surface area contributed by atoms with Crippen molar-refractivity contribution in [1.29, 1.82) is 0 Å². The molecule has 0 aromatic heterocycles. The Labute approximate surface area is 114 Å². The van der Waals surface area contributed by atoms with E-state index in [2.05, 4.69) is 16.0 Å². The molecule has 0 bridgehead atoms. The van der Waals surface area contributed by atoms with E-state index in [1.807, 2.05) is 14.0 Å². The zero-order valence-electron chi connectivity index (χ0n) is 12.0. The Bertz CT molecular complexity index is 261. The quantitative estimate of drug-likeness (QED) is 0.297. The fourth-order valence-electron chi connectivity index (χ4n) is 1.33. The van der Waals surface area contributed by atoms with Gasteiger partial charge in [0.05, 0.1) is 12.6 Å². The number of hydrogen-bond donors (Lipinski definition) is 3. The smallest absolute Gasteiger partial charge is 0.408 e. The summed E-state index contributed by atoms with van der Waals surface area (Å²) < 4.78 is 9.80. The first-order valence-electron chi connectivity index (χ1n) is 6.48. The maximum absolute atomic E-state index is 11.5. The standard InChI is InChI=1S/C12H25N3O4/c1-10(5-4-6-13-2)11(16)18-7-8-19-12(17)15-9-14-3/h10,13-14H,4-9H2,1-3H3,(H,15,17). The lowest BCUT2D eigenvalue weighted by Gasteiger charge is -2.11. The van der Waals surface area contributed by atoms with Crippen molar-refractivity contribution >= 4 is 12.1 Å². The second kappa shape index (κ2) is 11.7. The summed E-state index contributed by atoms with van der Waals surface area (Å²) in [5.74, 6) is -0.387. The van der Waals surface area contributed by atoms with Gasteiger partial charge in [0.2, 0.25) is 0 Å². The molecule has 1 atom stereocenters. The predicted molar refractivity (Wildman–Crippen MR) is 71.7 cm³/mol. The Morgan fingerprint density at radius 2 is 1.79 bits per heavy atom. The summed E-state index contributed by atoms with van der Waals surface area (Å²) in [5.41, 5.74) is 0. The number of esters is 1. The second-order valence-corrected chi connectivity index (χ2v) is 4.16. The van der Waals surface area contributed by atoms with Crippen molar-refractivity contribution < 1.29 is 19.1 Å². The van der Waals surface area contributed by atoms with Crippen LogP contribution in [0.1, 0.15) is 19.8 Å². The molecule has 0 spiro atoms.